The van der Waals surface area contributed by atoms with Crippen LogP contribution in [0.1, 0.15) is 25.8 Å². The van der Waals surface area contributed by atoms with Crippen molar-refractivity contribution in [1.82, 2.24) is 9.88 Å². The third-order valence-electron chi connectivity index (χ3n) is 3.42. The Balaban J connectivity index is 1.84. The molecular formula is C14H15N3OS. The fourth-order valence-corrected chi connectivity index (χ4v) is 3.17. The van der Waals surface area contributed by atoms with Crippen LogP contribution in [0.15, 0.2) is 24.4 Å². The molecule has 0 fully saturated rings. The number of carbonyl (C=O) groups excluding carboxylic acids is 1. The lowest BCUT2D eigenvalue weighted by Gasteiger charge is -2.29. The normalized spacial score (nSPS) is 14.3. The Kier molecular flexibility index (Phi) is 2.98. The van der Waals surface area contributed by atoms with Crippen LogP contribution < -0.4 is 5.73 Å². The molecule has 1 aromatic heterocycles. The quantitative estimate of drug-likeness (QED) is 0.811. The molecule has 1 aliphatic rings. The van der Waals surface area contributed by atoms with E-state index in [1.54, 1.807) is 6.20 Å². The maximum atomic E-state index is 12.4. The topological polar surface area (TPSA) is 59.2 Å². The molecule has 0 saturated carbocycles. The number of benzene rings is 1. The Morgan fingerprint density at radius 2 is 2.32 bits per heavy atom. The molecule has 2 aromatic rings. The summed E-state index contributed by atoms with van der Waals surface area (Å²) in [5, 5.41) is 0.921. The van der Waals surface area contributed by atoms with Gasteiger partial charge in [0.2, 0.25) is 0 Å². The van der Waals surface area contributed by atoms with Gasteiger partial charge in [-0.1, -0.05) is 12.1 Å². The van der Waals surface area contributed by atoms with Crippen molar-refractivity contribution >= 4 is 22.9 Å². The first-order valence-corrected chi connectivity index (χ1v) is 7.05. The minimum absolute atomic E-state index is 0.0682. The zero-order chi connectivity index (χ0) is 13.4. The van der Waals surface area contributed by atoms with Gasteiger partial charge in [-0.2, -0.15) is 0 Å². The summed E-state index contributed by atoms with van der Waals surface area (Å²) in [6.07, 6.45) is 2.49. The number of aromatic nitrogens is 1. The van der Waals surface area contributed by atoms with Gasteiger partial charge in [-0.3, -0.25) is 4.79 Å². The number of anilines is 1. The number of fused-ring (bicyclic) bond motifs is 1. The van der Waals surface area contributed by atoms with Crippen LogP contribution in [-0.2, 0) is 13.0 Å². The molecule has 0 spiro atoms. The van der Waals surface area contributed by atoms with E-state index in [2.05, 4.69) is 4.98 Å². The third kappa shape index (κ3) is 2.21. The van der Waals surface area contributed by atoms with Gasteiger partial charge in [0.25, 0.3) is 5.91 Å². The highest BCUT2D eigenvalue weighted by atomic mass is 32.1. The van der Waals surface area contributed by atoms with Gasteiger partial charge >= 0.3 is 0 Å². The van der Waals surface area contributed by atoms with E-state index in [1.165, 1.54) is 16.9 Å². The molecule has 0 aliphatic carbocycles. The predicted molar refractivity (Wildman–Crippen MR) is 76.1 cm³/mol. The standard InChI is InChI=1S/C14H15N3OS/c1-9-16-7-13(19-9)14(18)17-6-5-11-10(8-17)3-2-4-12(11)15/h2-4,7H,5-6,8,15H2,1H3. The zero-order valence-corrected chi connectivity index (χ0v) is 11.5. The van der Waals surface area contributed by atoms with Gasteiger partial charge in [0.1, 0.15) is 4.88 Å². The molecule has 1 aromatic carbocycles. The summed E-state index contributed by atoms with van der Waals surface area (Å²) < 4.78 is 0. The highest BCUT2D eigenvalue weighted by molar-refractivity contribution is 7.13. The molecule has 2 N–H and O–H groups in total. The van der Waals surface area contributed by atoms with Crippen molar-refractivity contribution in [3.63, 3.8) is 0 Å². The van der Waals surface area contributed by atoms with Gasteiger partial charge in [-0.25, -0.2) is 4.98 Å². The van der Waals surface area contributed by atoms with E-state index in [4.69, 9.17) is 5.73 Å². The molecule has 2 heterocycles. The lowest BCUT2D eigenvalue weighted by atomic mass is 9.98. The number of hydrogen-bond acceptors (Lipinski definition) is 4. The molecular weight excluding hydrogens is 258 g/mol. The maximum absolute atomic E-state index is 12.4. The van der Waals surface area contributed by atoms with Crippen LogP contribution in [0, 0.1) is 6.92 Å². The second-order valence-corrected chi connectivity index (χ2v) is 5.94. The van der Waals surface area contributed by atoms with Crippen molar-refractivity contribution in [2.24, 2.45) is 0 Å². The van der Waals surface area contributed by atoms with E-state index in [0.29, 0.717) is 11.4 Å². The maximum Gasteiger partial charge on any atom is 0.265 e. The first-order chi connectivity index (χ1) is 9.15. The number of rotatable bonds is 1. The highest BCUT2D eigenvalue weighted by Crippen LogP contribution is 2.25. The Hall–Kier alpha value is -1.88. The molecule has 0 atom stereocenters. The molecule has 3 rings (SSSR count). The van der Waals surface area contributed by atoms with Crippen LogP contribution in [0.3, 0.4) is 0 Å². The van der Waals surface area contributed by atoms with Gasteiger partial charge in [0.05, 0.1) is 11.2 Å². The number of thiazole rings is 1. The lowest BCUT2D eigenvalue weighted by Crippen LogP contribution is -2.35. The Labute approximate surface area is 115 Å². The molecule has 0 radical (unpaired) electrons. The minimum atomic E-state index is 0.0682. The molecule has 0 bridgehead atoms. The third-order valence-corrected chi connectivity index (χ3v) is 4.32. The van der Waals surface area contributed by atoms with Gasteiger partial charge in [0.15, 0.2) is 0 Å². The van der Waals surface area contributed by atoms with E-state index < -0.39 is 0 Å². The first-order valence-electron chi connectivity index (χ1n) is 6.23. The molecule has 1 amide bonds. The van der Waals surface area contributed by atoms with E-state index in [9.17, 15) is 4.79 Å². The average molecular weight is 273 g/mol. The number of nitrogen functional groups attached to an aromatic ring is 1. The summed E-state index contributed by atoms with van der Waals surface area (Å²) in [4.78, 5) is 19.1. The summed E-state index contributed by atoms with van der Waals surface area (Å²) >= 11 is 1.45. The SMILES string of the molecule is Cc1ncc(C(=O)N2CCc3c(N)cccc3C2)s1. The van der Waals surface area contributed by atoms with Crippen LogP contribution >= 0.6 is 11.3 Å². The zero-order valence-electron chi connectivity index (χ0n) is 10.7. The van der Waals surface area contributed by atoms with E-state index >= 15 is 0 Å². The summed E-state index contributed by atoms with van der Waals surface area (Å²) in [7, 11) is 0. The van der Waals surface area contributed by atoms with Gasteiger partial charge in [0, 0.05) is 18.8 Å². The number of nitrogens with two attached hydrogens (primary N) is 1. The van der Waals surface area contributed by atoms with Gasteiger partial charge < -0.3 is 10.6 Å². The monoisotopic (exact) mass is 273 g/mol. The molecule has 98 valence electrons. The van der Waals surface area contributed by atoms with Crippen LogP contribution in [0.5, 0.6) is 0 Å². The Bertz CT molecular complexity index is 635. The predicted octanol–water partition coefficient (Wildman–Crippen LogP) is 2.23. The number of hydrogen-bond donors (Lipinski definition) is 1. The molecule has 0 unspecified atom stereocenters. The fourth-order valence-electron chi connectivity index (χ4n) is 2.43. The molecule has 5 heteroatoms. The average Bonchev–Trinajstić information content (AvgIpc) is 2.84. The largest absolute Gasteiger partial charge is 0.398 e. The lowest BCUT2D eigenvalue weighted by molar-refractivity contribution is 0.0739. The van der Waals surface area contributed by atoms with Crippen molar-refractivity contribution in [1.29, 1.82) is 0 Å². The Morgan fingerprint density at radius 3 is 3.05 bits per heavy atom. The van der Waals surface area contributed by atoms with Crippen molar-refractivity contribution in [2.75, 3.05) is 12.3 Å². The van der Waals surface area contributed by atoms with Crippen LogP contribution in [-0.4, -0.2) is 22.3 Å². The molecule has 1 aliphatic heterocycles. The molecule has 19 heavy (non-hydrogen) atoms. The van der Waals surface area contributed by atoms with Crippen molar-refractivity contribution in [3.05, 3.63) is 45.4 Å². The van der Waals surface area contributed by atoms with Crippen LogP contribution in [0.2, 0.25) is 0 Å². The van der Waals surface area contributed by atoms with Crippen molar-refractivity contribution in [2.45, 2.75) is 19.9 Å². The minimum Gasteiger partial charge on any atom is -0.398 e. The van der Waals surface area contributed by atoms with Gasteiger partial charge in [-0.05, 0) is 30.5 Å². The Morgan fingerprint density at radius 1 is 1.47 bits per heavy atom. The van der Waals surface area contributed by atoms with Crippen LogP contribution in [0.25, 0.3) is 0 Å². The van der Waals surface area contributed by atoms with E-state index in [-0.39, 0.29) is 5.91 Å². The number of amides is 1. The van der Waals surface area contributed by atoms with Gasteiger partial charge in [-0.15, -0.1) is 11.3 Å². The summed E-state index contributed by atoms with van der Waals surface area (Å²) in [5.41, 5.74) is 9.14. The van der Waals surface area contributed by atoms with E-state index in [1.807, 2.05) is 30.0 Å². The van der Waals surface area contributed by atoms with Crippen LogP contribution in [0.4, 0.5) is 5.69 Å². The smallest absolute Gasteiger partial charge is 0.265 e. The number of nitrogens with zero attached hydrogens (tertiary/aromatic N) is 2. The summed E-state index contributed by atoms with van der Waals surface area (Å²) in [5.74, 6) is 0.0682. The highest BCUT2D eigenvalue weighted by Gasteiger charge is 2.23. The fraction of sp³-hybridized carbons (Fsp3) is 0.286. The number of carbonyl (C=O) groups is 1. The summed E-state index contributed by atoms with van der Waals surface area (Å²) in [6, 6.07) is 5.91. The molecule has 0 saturated heterocycles. The second kappa shape index (κ2) is 4.66. The molecule has 4 nitrogen and oxygen atoms in total. The first kappa shape index (κ1) is 12.2. The number of aryl methyl sites for hydroxylation is 1. The second-order valence-electron chi connectivity index (χ2n) is 4.71. The van der Waals surface area contributed by atoms with E-state index in [0.717, 1.165) is 29.2 Å². The summed E-state index contributed by atoms with van der Waals surface area (Å²) in [6.45, 7) is 3.26. The van der Waals surface area contributed by atoms with Crippen molar-refractivity contribution < 1.29 is 4.79 Å². The van der Waals surface area contributed by atoms with Crippen molar-refractivity contribution in [3.8, 4) is 0 Å².